The quantitative estimate of drug-likeness (QED) is 0.0352. The van der Waals surface area contributed by atoms with E-state index in [-0.39, 0.29) is 88.6 Å². The number of carbonyl (C=O) groups is 5. The zero-order valence-corrected chi connectivity index (χ0v) is 39.0. The van der Waals surface area contributed by atoms with Gasteiger partial charge in [0.1, 0.15) is 25.9 Å². The minimum Gasteiger partial charge on any atom is -0.449 e. The molecule has 0 aromatic carbocycles. The Hall–Kier alpha value is -3.97. The largest absolute Gasteiger partial charge is 0.449 e. The van der Waals surface area contributed by atoms with Crippen molar-refractivity contribution < 1.29 is 56.1 Å². The standard InChI is InChI=1S/C38H70N10O12S2/c1-9-38(8,10-2)48-31-14-12-28-27(11-13-30(31)43-46-48)29(28)23-60-37(53)45-62(54,55)40-15-18-56-21-22-59-36(52)44-61-47(16-19-57-34(50)41-26(7)24(3)4)17-20-58-35(51)42-32(25(5)6)33(39)49/h24-29,32,40,43,46H,9-23H2,1-8H3,(H2,39,49)(H,41,50)(H,42,51)(H,44,52)(H,45,53)/t26?,27?,28?,29-,32?/m1/s1. The Labute approximate surface area is 370 Å². The van der Waals surface area contributed by atoms with Crippen molar-refractivity contribution in [2.75, 3.05) is 59.3 Å². The van der Waals surface area contributed by atoms with Crippen LogP contribution in [0.3, 0.4) is 0 Å². The van der Waals surface area contributed by atoms with Gasteiger partial charge in [-0.25, -0.2) is 28.2 Å². The Bertz CT molecular complexity index is 1640. The first kappa shape index (κ1) is 52.4. The summed E-state index contributed by atoms with van der Waals surface area (Å²) < 4.78 is 59.1. The second-order valence-corrected chi connectivity index (χ2v) is 18.9. The third kappa shape index (κ3) is 17.3. The second-order valence-electron chi connectivity index (χ2n) is 16.5. The number of hydrazine groups is 2. The van der Waals surface area contributed by atoms with Crippen molar-refractivity contribution in [3.8, 4) is 0 Å². The molecule has 0 saturated heterocycles. The van der Waals surface area contributed by atoms with E-state index in [9.17, 15) is 32.4 Å². The van der Waals surface area contributed by atoms with Crippen molar-refractivity contribution >= 4 is 52.6 Å². The molecule has 356 valence electrons. The van der Waals surface area contributed by atoms with Crippen molar-refractivity contribution in [2.24, 2.45) is 35.3 Å². The Morgan fingerprint density at radius 1 is 0.839 bits per heavy atom. The van der Waals surface area contributed by atoms with Crippen LogP contribution in [0.2, 0.25) is 0 Å². The summed E-state index contributed by atoms with van der Waals surface area (Å²) in [6.07, 6.45) is 2.37. The molecule has 9 N–H and O–H groups in total. The summed E-state index contributed by atoms with van der Waals surface area (Å²) >= 11 is 0.816. The van der Waals surface area contributed by atoms with Crippen molar-refractivity contribution in [1.82, 2.24) is 45.1 Å². The number of carbonyl (C=O) groups excluding carboxylic acids is 5. The number of amides is 5. The highest BCUT2D eigenvalue weighted by Gasteiger charge is 2.51. The summed E-state index contributed by atoms with van der Waals surface area (Å²) in [7, 11) is -4.21. The minimum atomic E-state index is -4.21. The molecule has 22 nitrogen and oxygen atoms in total. The van der Waals surface area contributed by atoms with Gasteiger partial charge in [0.05, 0.1) is 31.1 Å². The van der Waals surface area contributed by atoms with Gasteiger partial charge in [0.2, 0.25) is 5.91 Å². The van der Waals surface area contributed by atoms with Gasteiger partial charge in [0, 0.05) is 43.5 Å². The van der Waals surface area contributed by atoms with Crippen LogP contribution in [0.1, 0.15) is 93.9 Å². The van der Waals surface area contributed by atoms with Gasteiger partial charge in [-0.2, -0.15) is 13.1 Å². The molecule has 4 unspecified atom stereocenters. The maximum Gasteiger partial charge on any atom is 0.421 e. The van der Waals surface area contributed by atoms with Crippen LogP contribution in [0, 0.1) is 29.6 Å². The molecule has 0 aromatic heterocycles. The summed E-state index contributed by atoms with van der Waals surface area (Å²) in [5.74, 6) is 0.240. The molecule has 1 saturated carbocycles. The number of rotatable bonds is 26. The molecule has 5 amide bonds. The predicted octanol–water partition coefficient (Wildman–Crippen LogP) is 2.71. The topological polar surface area (TPSA) is 282 Å². The zero-order chi connectivity index (χ0) is 46.0. The average molecular weight is 923 g/mol. The normalized spacial score (nSPS) is 19.6. The van der Waals surface area contributed by atoms with Crippen LogP contribution in [-0.2, 0) is 38.7 Å². The van der Waals surface area contributed by atoms with E-state index in [1.165, 1.54) is 11.4 Å². The average Bonchev–Trinajstić information content (AvgIpc) is 3.69. The number of hydrogen-bond donors (Lipinski definition) is 8. The predicted molar refractivity (Wildman–Crippen MR) is 230 cm³/mol. The number of fused-ring (bicyclic) bond motifs is 1. The van der Waals surface area contributed by atoms with Crippen LogP contribution >= 0.6 is 12.1 Å². The third-order valence-electron chi connectivity index (χ3n) is 11.6. The molecule has 0 bridgehead atoms. The molecule has 0 radical (unpaired) electrons. The van der Waals surface area contributed by atoms with Crippen molar-refractivity contribution in [1.29, 1.82) is 0 Å². The minimum absolute atomic E-state index is 0.000689. The lowest BCUT2D eigenvalue weighted by atomic mass is 9.92. The van der Waals surface area contributed by atoms with Gasteiger partial charge in [-0.3, -0.25) is 14.5 Å². The van der Waals surface area contributed by atoms with Gasteiger partial charge in [0.25, 0.3) is 0 Å². The van der Waals surface area contributed by atoms with Crippen molar-refractivity contribution in [3.63, 3.8) is 0 Å². The Morgan fingerprint density at radius 3 is 2.05 bits per heavy atom. The van der Waals surface area contributed by atoms with E-state index >= 15 is 0 Å². The van der Waals surface area contributed by atoms with E-state index in [1.54, 1.807) is 18.2 Å². The molecule has 3 rings (SSSR count). The first-order chi connectivity index (χ1) is 29.3. The van der Waals surface area contributed by atoms with Gasteiger partial charge < -0.3 is 45.5 Å². The van der Waals surface area contributed by atoms with Crippen molar-refractivity contribution in [3.05, 3.63) is 11.4 Å². The number of hydrogen-bond acceptors (Lipinski definition) is 17. The number of primary amides is 1. The molecular formula is C38H70N10O12S2. The van der Waals surface area contributed by atoms with Gasteiger partial charge in [0.15, 0.2) is 0 Å². The van der Waals surface area contributed by atoms with Crippen LogP contribution in [-0.4, -0.2) is 125 Å². The molecular weight excluding hydrogens is 853 g/mol. The van der Waals surface area contributed by atoms with Gasteiger partial charge in [-0.05, 0) is 82.0 Å². The molecule has 0 aromatic rings. The van der Waals surface area contributed by atoms with Crippen LogP contribution in [0.15, 0.2) is 11.4 Å². The summed E-state index contributed by atoms with van der Waals surface area (Å²) in [5.41, 5.74) is 14.6. The molecule has 1 aliphatic heterocycles. The van der Waals surface area contributed by atoms with Gasteiger partial charge in [-0.15, -0.1) is 5.53 Å². The SMILES string of the molecule is CCC(C)(CC)N1NNC2=C1CCC1C(CC2)[C@H]1COC(=O)NS(=O)(=O)NCCOCCOC(=O)NSN(CCOC(=O)NC(C)C(C)C)CCOC(=O)NC(C(N)=O)C(C)C. The number of nitrogens with one attached hydrogen (secondary N) is 7. The van der Waals surface area contributed by atoms with Crippen molar-refractivity contribution in [2.45, 2.75) is 112 Å². The van der Waals surface area contributed by atoms with Gasteiger partial charge in [-0.1, -0.05) is 41.5 Å². The van der Waals surface area contributed by atoms with Crippen LogP contribution in [0.5, 0.6) is 0 Å². The van der Waals surface area contributed by atoms with Crippen LogP contribution in [0.25, 0.3) is 0 Å². The molecule has 2 aliphatic carbocycles. The Balaban J connectivity index is 1.30. The van der Waals surface area contributed by atoms with E-state index in [0.29, 0.717) is 11.8 Å². The molecule has 3 aliphatic rings. The maximum atomic E-state index is 12.4. The summed E-state index contributed by atoms with van der Waals surface area (Å²) in [5, 5.41) is 7.41. The molecule has 1 heterocycles. The lowest BCUT2D eigenvalue weighted by molar-refractivity contribution is -0.120. The highest BCUT2D eigenvalue weighted by molar-refractivity contribution is 7.95. The zero-order valence-electron chi connectivity index (χ0n) is 37.3. The Morgan fingerprint density at radius 2 is 1.45 bits per heavy atom. The number of alkyl carbamates (subject to hydrolysis) is 2. The fourth-order valence-corrected chi connectivity index (χ4v) is 8.27. The lowest BCUT2D eigenvalue weighted by Crippen LogP contribution is -2.52. The fraction of sp³-hybridized carbons (Fsp3) is 0.816. The smallest absolute Gasteiger partial charge is 0.421 e. The van der Waals surface area contributed by atoms with E-state index in [1.807, 2.05) is 25.5 Å². The van der Waals surface area contributed by atoms with Crippen LogP contribution < -0.4 is 41.5 Å². The first-order valence-electron chi connectivity index (χ1n) is 21.4. The highest BCUT2D eigenvalue weighted by atomic mass is 32.2. The number of allylic oxidation sites excluding steroid dienone is 2. The summed E-state index contributed by atoms with van der Waals surface area (Å²) in [6, 6.07) is -1.04. The highest BCUT2D eigenvalue weighted by Crippen LogP contribution is 2.54. The van der Waals surface area contributed by atoms with E-state index in [2.05, 4.69) is 56.8 Å². The van der Waals surface area contributed by atoms with E-state index in [0.717, 1.165) is 50.7 Å². The number of nitrogens with two attached hydrogens (primary N) is 1. The van der Waals surface area contributed by atoms with Gasteiger partial charge >= 0.3 is 34.6 Å². The second kappa shape index (κ2) is 25.4. The summed E-state index contributed by atoms with van der Waals surface area (Å²) in [4.78, 5) is 60.7. The third-order valence-corrected chi connectivity index (χ3v) is 13.5. The Kier molecular flexibility index (Phi) is 21.4. The molecule has 5 atom stereocenters. The molecule has 24 heteroatoms. The molecule has 1 fully saturated rings. The lowest BCUT2D eigenvalue weighted by Gasteiger charge is -2.40. The monoisotopic (exact) mass is 922 g/mol. The molecule has 0 spiro atoms. The maximum absolute atomic E-state index is 12.4. The number of ether oxygens (including phenoxy) is 5. The van der Waals surface area contributed by atoms with E-state index < -0.39 is 46.5 Å². The first-order valence-corrected chi connectivity index (χ1v) is 23.6. The summed E-state index contributed by atoms with van der Waals surface area (Å²) in [6.45, 7) is 15.5. The molecule has 62 heavy (non-hydrogen) atoms. The van der Waals surface area contributed by atoms with E-state index in [4.69, 9.17) is 29.4 Å². The number of nitrogens with zero attached hydrogens (tertiary/aromatic N) is 2. The van der Waals surface area contributed by atoms with Crippen LogP contribution in [0.4, 0.5) is 19.2 Å². The fourth-order valence-electron chi connectivity index (χ4n) is 6.97.